The Morgan fingerprint density at radius 2 is 1.30 bits per heavy atom. The van der Waals surface area contributed by atoms with E-state index < -0.39 is 0 Å². The van der Waals surface area contributed by atoms with E-state index in [4.69, 9.17) is 0 Å². The Morgan fingerprint density at radius 3 is 1.70 bits per heavy atom. The molecule has 2 atom stereocenters. The molecule has 23 heavy (non-hydrogen) atoms. The summed E-state index contributed by atoms with van der Waals surface area (Å²) in [6.07, 6.45) is 2.79. The van der Waals surface area contributed by atoms with Gasteiger partial charge < -0.3 is 4.90 Å². The molecule has 2 fully saturated rings. The lowest BCUT2D eigenvalue weighted by molar-refractivity contribution is -0.00306. The fourth-order valence-electron chi connectivity index (χ4n) is 4.79. The zero-order valence-corrected chi connectivity index (χ0v) is 17.2. The highest BCUT2D eigenvalue weighted by Gasteiger charge is 2.37. The van der Waals surface area contributed by atoms with Crippen molar-refractivity contribution in [3.8, 4) is 0 Å². The van der Waals surface area contributed by atoms with Crippen LogP contribution < -0.4 is 0 Å². The van der Waals surface area contributed by atoms with Gasteiger partial charge in [-0.3, -0.25) is 4.90 Å². The molecular formula is C21H42N2. The fourth-order valence-corrected chi connectivity index (χ4v) is 4.79. The van der Waals surface area contributed by atoms with E-state index in [1.807, 2.05) is 0 Å². The first kappa shape index (κ1) is 19.2. The second-order valence-corrected chi connectivity index (χ2v) is 10.6. The highest BCUT2D eigenvalue weighted by molar-refractivity contribution is 4.90. The van der Waals surface area contributed by atoms with Crippen LogP contribution in [0.4, 0.5) is 0 Å². The smallest absolute Gasteiger partial charge is 0.0125 e. The largest absolute Gasteiger partial charge is 0.303 e. The molecule has 0 aromatic heterocycles. The van der Waals surface area contributed by atoms with Gasteiger partial charge in [0.1, 0.15) is 0 Å². The lowest BCUT2D eigenvalue weighted by atomic mass is 9.74. The van der Waals surface area contributed by atoms with Crippen LogP contribution in [0.5, 0.6) is 0 Å². The number of hydrogen-bond donors (Lipinski definition) is 0. The van der Waals surface area contributed by atoms with Gasteiger partial charge in [-0.15, -0.1) is 0 Å². The summed E-state index contributed by atoms with van der Waals surface area (Å²) in [4.78, 5) is 5.47. The number of rotatable bonds is 2. The van der Waals surface area contributed by atoms with Gasteiger partial charge >= 0.3 is 0 Å². The average molecular weight is 323 g/mol. The van der Waals surface area contributed by atoms with Crippen LogP contribution in [0.3, 0.4) is 0 Å². The van der Waals surface area contributed by atoms with Crippen LogP contribution in [-0.4, -0.2) is 48.1 Å². The average Bonchev–Trinajstić information content (AvgIpc) is 2.41. The van der Waals surface area contributed by atoms with Crippen LogP contribution in [0.25, 0.3) is 0 Å². The van der Waals surface area contributed by atoms with Crippen LogP contribution in [0.1, 0.15) is 68.2 Å². The van der Waals surface area contributed by atoms with Gasteiger partial charge in [0.25, 0.3) is 0 Å². The van der Waals surface area contributed by atoms with E-state index >= 15 is 0 Å². The standard InChI is InChI=1S/C21H42N2/c1-16-13-23(21(6,7)8)14-17(2)19(16)15-22-11-9-18(10-12-22)20(3,4)5/h16-19H,9-15H2,1-8H3. The van der Waals surface area contributed by atoms with Crippen LogP contribution >= 0.6 is 0 Å². The molecule has 0 aromatic carbocycles. The maximum atomic E-state index is 2.77. The van der Waals surface area contributed by atoms with Gasteiger partial charge in [-0.25, -0.2) is 0 Å². The topological polar surface area (TPSA) is 6.48 Å². The number of nitrogens with zero attached hydrogens (tertiary/aromatic N) is 2. The third-order valence-electron chi connectivity index (χ3n) is 6.71. The minimum Gasteiger partial charge on any atom is -0.303 e. The third-order valence-corrected chi connectivity index (χ3v) is 6.71. The predicted molar refractivity (Wildman–Crippen MR) is 102 cm³/mol. The van der Waals surface area contributed by atoms with Crippen LogP contribution in [0.15, 0.2) is 0 Å². The Balaban J connectivity index is 1.87. The molecule has 0 spiro atoms. The second-order valence-electron chi connectivity index (χ2n) is 10.6. The molecule has 2 saturated heterocycles. The van der Waals surface area contributed by atoms with Crippen molar-refractivity contribution in [2.45, 2.75) is 73.8 Å². The molecule has 2 nitrogen and oxygen atoms in total. The van der Waals surface area contributed by atoms with Crippen LogP contribution in [0.2, 0.25) is 0 Å². The van der Waals surface area contributed by atoms with Gasteiger partial charge in [-0.05, 0) is 75.8 Å². The first-order chi connectivity index (χ1) is 10.5. The lowest BCUT2D eigenvalue weighted by Crippen LogP contribution is -2.54. The van der Waals surface area contributed by atoms with Gasteiger partial charge in [0.05, 0.1) is 0 Å². The van der Waals surface area contributed by atoms with E-state index in [1.165, 1.54) is 45.6 Å². The van der Waals surface area contributed by atoms with E-state index in [1.54, 1.807) is 0 Å². The first-order valence-corrected chi connectivity index (χ1v) is 9.96. The fraction of sp³-hybridized carbons (Fsp3) is 1.00. The van der Waals surface area contributed by atoms with E-state index in [9.17, 15) is 0 Å². The van der Waals surface area contributed by atoms with Crippen molar-refractivity contribution in [2.24, 2.45) is 29.1 Å². The summed E-state index contributed by atoms with van der Waals surface area (Å²) in [6, 6.07) is 0. The molecule has 2 aliphatic rings. The zero-order chi connectivity index (χ0) is 17.4. The monoisotopic (exact) mass is 322 g/mol. The van der Waals surface area contributed by atoms with Crippen molar-refractivity contribution < 1.29 is 0 Å². The SMILES string of the molecule is CC1CN(C(C)(C)C)CC(C)C1CN1CCC(C(C)(C)C)CC1. The molecule has 2 heterocycles. The van der Waals surface area contributed by atoms with Crippen molar-refractivity contribution >= 4 is 0 Å². The molecule has 0 aliphatic carbocycles. The predicted octanol–water partition coefficient (Wildman–Crippen LogP) is 4.75. The van der Waals surface area contributed by atoms with Gasteiger partial charge in [0.2, 0.25) is 0 Å². The summed E-state index contributed by atoms with van der Waals surface area (Å²) in [5.41, 5.74) is 0.809. The minimum absolute atomic E-state index is 0.318. The van der Waals surface area contributed by atoms with Crippen LogP contribution in [-0.2, 0) is 0 Å². The molecule has 0 bridgehead atoms. The molecule has 0 aromatic rings. The summed E-state index contributed by atoms with van der Waals surface area (Å²) in [5.74, 6) is 3.42. The zero-order valence-electron chi connectivity index (χ0n) is 17.2. The molecule has 0 N–H and O–H groups in total. The molecule has 136 valence electrons. The minimum atomic E-state index is 0.318. The molecule has 2 heteroatoms. The lowest BCUT2D eigenvalue weighted by Gasteiger charge is -2.49. The molecule has 0 amide bonds. The van der Waals surface area contributed by atoms with Gasteiger partial charge in [-0.1, -0.05) is 34.6 Å². The van der Waals surface area contributed by atoms with Crippen molar-refractivity contribution in [1.82, 2.24) is 9.80 Å². The highest BCUT2D eigenvalue weighted by atomic mass is 15.2. The first-order valence-electron chi connectivity index (χ1n) is 9.96. The van der Waals surface area contributed by atoms with E-state index in [0.717, 1.165) is 23.7 Å². The molecule has 2 unspecified atom stereocenters. The quantitative estimate of drug-likeness (QED) is 0.724. The summed E-state index contributed by atoms with van der Waals surface area (Å²) < 4.78 is 0. The highest BCUT2D eigenvalue weighted by Crippen LogP contribution is 2.36. The van der Waals surface area contributed by atoms with E-state index in [-0.39, 0.29) is 0 Å². The number of likely N-dealkylation sites (tertiary alicyclic amines) is 2. The van der Waals surface area contributed by atoms with Gasteiger partial charge in [-0.2, -0.15) is 0 Å². The maximum absolute atomic E-state index is 2.77. The van der Waals surface area contributed by atoms with E-state index in [0.29, 0.717) is 11.0 Å². The second kappa shape index (κ2) is 7.04. The Kier molecular flexibility index (Phi) is 5.89. The Hall–Kier alpha value is -0.0800. The maximum Gasteiger partial charge on any atom is 0.0125 e. The molecule has 0 saturated carbocycles. The Morgan fingerprint density at radius 1 is 0.826 bits per heavy atom. The summed E-state index contributed by atoms with van der Waals surface area (Å²) in [5, 5.41) is 0. The normalized spacial score (nSPS) is 33.1. The molecule has 2 aliphatic heterocycles. The van der Waals surface area contributed by atoms with Crippen molar-refractivity contribution in [3.63, 3.8) is 0 Å². The van der Waals surface area contributed by atoms with E-state index in [2.05, 4.69) is 65.2 Å². The number of piperidine rings is 2. The van der Waals surface area contributed by atoms with Gasteiger partial charge in [0.15, 0.2) is 0 Å². The number of hydrogen-bond acceptors (Lipinski definition) is 2. The Labute approximate surface area is 146 Å². The van der Waals surface area contributed by atoms with Crippen molar-refractivity contribution in [1.29, 1.82) is 0 Å². The van der Waals surface area contributed by atoms with Crippen LogP contribution in [0, 0.1) is 29.1 Å². The summed E-state index contributed by atoms with van der Waals surface area (Å²) >= 11 is 0. The Bertz CT molecular complexity index is 356. The van der Waals surface area contributed by atoms with Crippen molar-refractivity contribution in [2.75, 3.05) is 32.7 Å². The third kappa shape index (κ3) is 4.95. The molecule has 0 radical (unpaired) electrons. The summed E-state index contributed by atoms with van der Waals surface area (Å²) in [7, 11) is 0. The molecule has 2 rings (SSSR count). The van der Waals surface area contributed by atoms with Crippen molar-refractivity contribution in [3.05, 3.63) is 0 Å². The van der Waals surface area contributed by atoms with Gasteiger partial charge in [0, 0.05) is 25.2 Å². The summed E-state index contributed by atoms with van der Waals surface area (Å²) in [6.45, 7) is 25.8. The molecular weight excluding hydrogens is 280 g/mol.